The van der Waals surface area contributed by atoms with Crippen molar-refractivity contribution in [1.29, 1.82) is 0 Å². The highest BCUT2D eigenvalue weighted by Crippen LogP contribution is 2.71. The van der Waals surface area contributed by atoms with Gasteiger partial charge in [0, 0.05) is 29.1 Å². The van der Waals surface area contributed by atoms with E-state index < -0.39 is 69.3 Å². The lowest BCUT2D eigenvalue weighted by molar-refractivity contribution is -0.227. The summed E-state index contributed by atoms with van der Waals surface area (Å²) in [6.07, 6.45) is 2.20. The van der Waals surface area contributed by atoms with Gasteiger partial charge in [0.15, 0.2) is 22.9 Å². The molecule has 0 spiro atoms. The van der Waals surface area contributed by atoms with E-state index in [9.17, 15) is 23.9 Å². The Hall–Kier alpha value is -1.60. The third kappa shape index (κ3) is 2.95. The smallest absolute Gasteiger partial charge is 0.306 e. The van der Waals surface area contributed by atoms with Crippen LogP contribution in [0.4, 0.5) is 8.78 Å². The quantitative estimate of drug-likeness (QED) is 0.435. The van der Waals surface area contributed by atoms with Crippen LogP contribution in [0.3, 0.4) is 0 Å². The number of fused-ring (bicyclic) bond motifs is 5. The number of aliphatic hydroxyl groups is 1. The molecule has 0 bridgehead atoms. The number of Topliss-reactive ketones (excluding diaryl/α,β-unsaturated/α-hetero) is 1. The molecular formula is C26H33ClF2O5. The van der Waals surface area contributed by atoms with Crippen LogP contribution in [0.2, 0.25) is 0 Å². The fourth-order valence-electron chi connectivity index (χ4n) is 8.01. The van der Waals surface area contributed by atoms with Crippen LogP contribution in [0.5, 0.6) is 0 Å². The second kappa shape index (κ2) is 8.22. The summed E-state index contributed by atoms with van der Waals surface area (Å²) in [7, 11) is 0. The van der Waals surface area contributed by atoms with Gasteiger partial charge in [-0.2, -0.15) is 0 Å². The number of carbonyl (C=O) groups is 3. The fourth-order valence-corrected chi connectivity index (χ4v) is 8.21. The van der Waals surface area contributed by atoms with Crippen molar-refractivity contribution in [3.63, 3.8) is 0 Å². The van der Waals surface area contributed by atoms with Crippen LogP contribution in [-0.2, 0) is 19.1 Å². The predicted molar refractivity (Wildman–Crippen MR) is 122 cm³/mol. The lowest BCUT2D eigenvalue weighted by Crippen LogP contribution is -2.70. The van der Waals surface area contributed by atoms with Gasteiger partial charge in [0.05, 0.1) is 12.0 Å². The number of halogens is 3. The zero-order chi connectivity index (χ0) is 25.3. The van der Waals surface area contributed by atoms with Crippen molar-refractivity contribution in [3.8, 4) is 0 Å². The summed E-state index contributed by atoms with van der Waals surface area (Å²) in [6.45, 7) is 6.98. The molecule has 4 aliphatic carbocycles. The molecule has 0 aromatic carbocycles. The summed E-state index contributed by atoms with van der Waals surface area (Å²) >= 11 is 6.02. The van der Waals surface area contributed by atoms with Gasteiger partial charge in [-0.1, -0.05) is 26.8 Å². The number of carbonyl (C=O) groups excluding carboxylic acids is 3. The van der Waals surface area contributed by atoms with Crippen molar-refractivity contribution in [2.45, 2.75) is 83.6 Å². The molecule has 0 aromatic heterocycles. The maximum absolute atomic E-state index is 17.3. The normalized spacial score (nSPS) is 45.5. The topological polar surface area (TPSA) is 80.7 Å². The van der Waals surface area contributed by atoms with Crippen molar-refractivity contribution in [1.82, 2.24) is 0 Å². The van der Waals surface area contributed by atoms with E-state index in [1.165, 1.54) is 6.08 Å². The van der Waals surface area contributed by atoms with E-state index in [1.807, 2.05) is 13.8 Å². The summed E-state index contributed by atoms with van der Waals surface area (Å²) in [5.74, 6) is -4.62. The molecule has 3 saturated carbocycles. The average molecular weight is 499 g/mol. The minimum atomic E-state index is -2.24. The van der Waals surface area contributed by atoms with Crippen LogP contribution in [0.15, 0.2) is 23.6 Å². The lowest BCUT2D eigenvalue weighted by atomic mass is 9.44. The molecule has 0 heterocycles. The third-order valence-electron chi connectivity index (χ3n) is 9.54. The van der Waals surface area contributed by atoms with Crippen LogP contribution in [0, 0.1) is 28.6 Å². The molecule has 2 unspecified atom stereocenters. The second-order valence-corrected chi connectivity index (χ2v) is 11.3. The summed E-state index contributed by atoms with van der Waals surface area (Å²) in [5.41, 5.74) is -6.27. The van der Waals surface area contributed by atoms with E-state index >= 15 is 4.39 Å². The van der Waals surface area contributed by atoms with Gasteiger partial charge in [0.1, 0.15) is 0 Å². The number of rotatable bonds is 5. The minimum absolute atomic E-state index is 0.0879. The molecule has 1 N–H and O–H groups in total. The number of esters is 1. The van der Waals surface area contributed by atoms with Gasteiger partial charge in [-0.25, -0.2) is 8.78 Å². The molecule has 0 saturated heterocycles. The number of hydrogen-bond acceptors (Lipinski definition) is 5. The van der Waals surface area contributed by atoms with Crippen LogP contribution < -0.4 is 0 Å². The van der Waals surface area contributed by atoms with E-state index in [0.29, 0.717) is 12.8 Å². The van der Waals surface area contributed by atoms with Gasteiger partial charge in [-0.15, -0.1) is 11.6 Å². The van der Waals surface area contributed by atoms with E-state index in [4.69, 9.17) is 16.3 Å². The Balaban J connectivity index is 1.85. The predicted octanol–water partition coefficient (Wildman–Crippen LogP) is 4.79. The number of aliphatic hydroxyl groups excluding tert-OH is 1. The van der Waals surface area contributed by atoms with Crippen LogP contribution in [-0.4, -0.2) is 45.9 Å². The zero-order valence-corrected chi connectivity index (χ0v) is 20.9. The van der Waals surface area contributed by atoms with Crippen LogP contribution >= 0.6 is 11.6 Å². The highest BCUT2D eigenvalue weighted by atomic mass is 35.5. The molecule has 34 heavy (non-hydrogen) atoms. The molecule has 4 rings (SSSR count). The van der Waals surface area contributed by atoms with E-state index in [1.54, 1.807) is 13.8 Å². The maximum Gasteiger partial charge on any atom is 0.306 e. The first kappa shape index (κ1) is 25.5. The van der Waals surface area contributed by atoms with Crippen molar-refractivity contribution in [2.75, 3.05) is 5.88 Å². The molecule has 188 valence electrons. The highest BCUT2D eigenvalue weighted by Gasteiger charge is 2.77. The monoisotopic (exact) mass is 498 g/mol. The first-order chi connectivity index (χ1) is 15.8. The van der Waals surface area contributed by atoms with Crippen LogP contribution in [0.25, 0.3) is 0 Å². The Bertz CT molecular complexity index is 994. The summed E-state index contributed by atoms with van der Waals surface area (Å²) in [6, 6.07) is 0. The Kier molecular flexibility index (Phi) is 6.17. The zero-order valence-electron chi connectivity index (χ0n) is 20.1. The first-order valence-electron chi connectivity index (χ1n) is 12.2. The number of alkyl halides is 2. The number of allylic oxidation sites excluding steroid dienone is 4. The van der Waals surface area contributed by atoms with Gasteiger partial charge in [0.25, 0.3) is 0 Å². The molecule has 0 amide bonds. The maximum atomic E-state index is 17.3. The molecule has 0 aromatic rings. The highest BCUT2D eigenvalue weighted by molar-refractivity contribution is 6.29. The van der Waals surface area contributed by atoms with Crippen molar-refractivity contribution >= 4 is 29.1 Å². The van der Waals surface area contributed by atoms with Gasteiger partial charge in [0.2, 0.25) is 5.78 Å². The Labute approximate surface area is 203 Å². The van der Waals surface area contributed by atoms with Crippen LogP contribution in [0.1, 0.15) is 66.2 Å². The minimum Gasteiger partial charge on any atom is -0.450 e. The Morgan fingerprint density at radius 1 is 1.29 bits per heavy atom. The second-order valence-electron chi connectivity index (χ2n) is 11.0. The van der Waals surface area contributed by atoms with E-state index in [0.717, 1.165) is 6.08 Å². The largest absolute Gasteiger partial charge is 0.450 e. The summed E-state index contributed by atoms with van der Waals surface area (Å²) < 4.78 is 38.0. The summed E-state index contributed by atoms with van der Waals surface area (Å²) in [5, 5.41) is 11.4. The Morgan fingerprint density at radius 3 is 2.59 bits per heavy atom. The average Bonchev–Trinajstić information content (AvgIpc) is 2.99. The molecular weight excluding hydrogens is 466 g/mol. The number of ketones is 2. The molecule has 5 nitrogen and oxygen atoms in total. The van der Waals surface area contributed by atoms with Gasteiger partial charge in [-0.3, -0.25) is 14.4 Å². The number of hydrogen-bond donors (Lipinski definition) is 1. The van der Waals surface area contributed by atoms with E-state index in [-0.39, 0.29) is 37.1 Å². The lowest BCUT2D eigenvalue weighted by Gasteiger charge is -2.62. The molecule has 3 fully saturated rings. The molecule has 0 radical (unpaired) electrons. The number of ether oxygens (including phenoxy) is 1. The molecule has 8 heteroatoms. The van der Waals surface area contributed by atoms with Gasteiger partial charge >= 0.3 is 5.97 Å². The first-order valence-corrected chi connectivity index (χ1v) is 12.7. The van der Waals surface area contributed by atoms with Crippen molar-refractivity contribution < 1.29 is 33.0 Å². The third-order valence-corrected chi connectivity index (χ3v) is 9.78. The van der Waals surface area contributed by atoms with Gasteiger partial charge in [-0.05, 0) is 56.6 Å². The van der Waals surface area contributed by atoms with Gasteiger partial charge < -0.3 is 9.84 Å². The Morgan fingerprint density at radius 2 is 1.97 bits per heavy atom. The summed E-state index contributed by atoms with van der Waals surface area (Å²) in [4.78, 5) is 38.0. The SMILES string of the molecule is CCCC(=O)O[C@]1(C(=O)CCl)C(C)C[C@H]2[C@@H]3CCC4=C(F)C(=O)C=C[C@]4(C)[C@@]3(F)C(O)C[C@@]21C. The molecule has 0 aliphatic heterocycles. The molecule has 8 atom stereocenters. The standard InChI is InChI=1S/C26H33ClF2O5/c1-5-6-21(33)34-26(20(32)13-27)14(2)11-17-15-7-8-16-22(28)18(30)9-10-23(16,3)25(15,29)19(31)12-24(17,26)4/h9-10,14-15,17,19,31H,5-8,11-13H2,1-4H3/t14?,15-,17-,19?,23-,24-,25-,26-/m0/s1. The van der Waals surface area contributed by atoms with Crippen molar-refractivity contribution in [2.24, 2.45) is 28.6 Å². The van der Waals surface area contributed by atoms with E-state index in [2.05, 4.69) is 0 Å². The van der Waals surface area contributed by atoms with Crippen molar-refractivity contribution in [3.05, 3.63) is 23.6 Å². The fraction of sp³-hybridized carbons (Fsp3) is 0.731. The molecule has 4 aliphatic rings.